The van der Waals surface area contributed by atoms with E-state index in [0.717, 1.165) is 10.6 Å². The summed E-state index contributed by atoms with van der Waals surface area (Å²) in [7, 11) is 0. The van der Waals surface area contributed by atoms with Crippen LogP contribution in [0.3, 0.4) is 0 Å². The van der Waals surface area contributed by atoms with Crippen molar-refractivity contribution in [1.82, 2.24) is 0 Å². The van der Waals surface area contributed by atoms with Crippen LogP contribution >= 0.6 is 35.0 Å². The van der Waals surface area contributed by atoms with E-state index >= 15 is 0 Å². The van der Waals surface area contributed by atoms with Crippen molar-refractivity contribution >= 4 is 35.0 Å². The second-order valence-electron chi connectivity index (χ2n) is 4.60. The van der Waals surface area contributed by atoms with E-state index in [1.807, 2.05) is 18.2 Å². The molecule has 2 N–H and O–H groups in total. The maximum Gasteiger partial charge on any atom is 0.0603 e. The zero-order chi connectivity index (χ0) is 12.3. The molecule has 4 heteroatoms. The van der Waals surface area contributed by atoms with Crippen LogP contribution in [-0.4, -0.2) is 11.8 Å². The van der Waals surface area contributed by atoms with Gasteiger partial charge in [-0.25, -0.2) is 0 Å². The van der Waals surface area contributed by atoms with Gasteiger partial charge in [-0.3, -0.25) is 0 Å². The summed E-state index contributed by atoms with van der Waals surface area (Å²) in [5.41, 5.74) is 6.21. The number of rotatable bonds is 4. The van der Waals surface area contributed by atoms with Crippen molar-refractivity contribution in [3.63, 3.8) is 0 Å². The molecular weight excluding hydrogens is 273 g/mol. The van der Waals surface area contributed by atoms with Crippen molar-refractivity contribution < 1.29 is 0 Å². The SMILES string of the molecule is NC(CSc1ccc(Cl)c(Cl)c1)C1CCCC1. The minimum absolute atomic E-state index is 0.303. The average Bonchev–Trinajstić information content (AvgIpc) is 2.84. The summed E-state index contributed by atoms with van der Waals surface area (Å²) in [4.78, 5) is 1.15. The highest BCUT2D eigenvalue weighted by Gasteiger charge is 2.21. The van der Waals surface area contributed by atoms with Crippen molar-refractivity contribution in [3.8, 4) is 0 Å². The summed E-state index contributed by atoms with van der Waals surface area (Å²) in [6, 6.07) is 6.06. The standard InChI is InChI=1S/C13H17Cl2NS/c14-11-6-5-10(7-12(11)15)17-8-13(16)9-3-1-2-4-9/h5-7,9,13H,1-4,8,16H2. The molecular formula is C13H17Cl2NS. The molecule has 1 atom stereocenters. The maximum absolute atomic E-state index is 6.21. The molecule has 0 heterocycles. The molecule has 0 spiro atoms. The minimum Gasteiger partial charge on any atom is -0.327 e. The Bertz CT molecular complexity index is 378. The van der Waals surface area contributed by atoms with Crippen LogP contribution < -0.4 is 5.73 Å². The van der Waals surface area contributed by atoms with Crippen LogP contribution in [0.15, 0.2) is 23.1 Å². The monoisotopic (exact) mass is 289 g/mol. The first kappa shape index (κ1) is 13.5. The second-order valence-corrected chi connectivity index (χ2v) is 6.50. The number of benzene rings is 1. The van der Waals surface area contributed by atoms with Crippen LogP contribution in [0.1, 0.15) is 25.7 Å². The Morgan fingerprint density at radius 3 is 2.59 bits per heavy atom. The Morgan fingerprint density at radius 1 is 1.24 bits per heavy atom. The van der Waals surface area contributed by atoms with Gasteiger partial charge in [-0.1, -0.05) is 36.0 Å². The Balaban J connectivity index is 1.86. The third kappa shape index (κ3) is 3.78. The molecule has 0 bridgehead atoms. The van der Waals surface area contributed by atoms with Crippen molar-refractivity contribution in [2.24, 2.45) is 11.7 Å². The van der Waals surface area contributed by atoms with E-state index in [2.05, 4.69) is 0 Å². The molecule has 0 aromatic heterocycles. The highest BCUT2D eigenvalue weighted by atomic mass is 35.5. The van der Waals surface area contributed by atoms with Crippen LogP contribution in [-0.2, 0) is 0 Å². The number of hydrogen-bond donors (Lipinski definition) is 1. The van der Waals surface area contributed by atoms with E-state index in [1.165, 1.54) is 25.7 Å². The predicted molar refractivity (Wildman–Crippen MR) is 77.1 cm³/mol. The molecule has 1 aromatic rings. The van der Waals surface area contributed by atoms with Crippen LogP contribution in [0.4, 0.5) is 0 Å². The van der Waals surface area contributed by atoms with Gasteiger partial charge in [-0.15, -0.1) is 11.8 Å². The van der Waals surface area contributed by atoms with Crippen LogP contribution in [0.5, 0.6) is 0 Å². The van der Waals surface area contributed by atoms with E-state index in [9.17, 15) is 0 Å². The first-order valence-corrected chi connectivity index (χ1v) is 7.74. The molecule has 1 fully saturated rings. The normalized spacial score (nSPS) is 18.5. The lowest BCUT2D eigenvalue weighted by Crippen LogP contribution is -2.30. The molecule has 1 unspecified atom stereocenters. The fourth-order valence-corrected chi connectivity index (χ4v) is 3.67. The highest BCUT2D eigenvalue weighted by molar-refractivity contribution is 7.99. The van der Waals surface area contributed by atoms with Crippen LogP contribution in [0.2, 0.25) is 10.0 Å². The quantitative estimate of drug-likeness (QED) is 0.820. The molecule has 17 heavy (non-hydrogen) atoms. The Labute approximate surface area is 117 Å². The number of hydrogen-bond acceptors (Lipinski definition) is 2. The molecule has 1 aliphatic rings. The van der Waals surface area contributed by atoms with Gasteiger partial charge in [-0.2, -0.15) is 0 Å². The lowest BCUT2D eigenvalue weighted by atomic mass is 10.0. The molecule has 1 aliphatic carbocycles. The highest BCUT2D eigenvalue weighted by Crippen LogP contribution is 2.31. The van der Waals surface area contributed by atoms with E-state index in [0.29, 0.717) is 22.0 Å². The van der Waals surface area contributed by atoms with Crippen molar-refractivity contribution in [2.45, 2.75) is 36.6 Å². The van der Waals surface area contributed by atoms with Gasteiger partial charge in [0.15, 0.2) is 0 Å². The van der Waals surface area contributed by atoms with Crippen molar-refractivity contribution in [3.05, 3.63) is 28.2 Å². The van der Waals surface area contributed by atoms with Crippen molar-refractivity contribution in [2.75, 3.05) is 5.75 Å². The third-order valence-electron chi connectivity index (χ3n) is 3.34. The average molecular weight is 290 g/mol. The van der Waals surface area contributed by atoms with Crippen LogP contribution in [0, 0.1) is 5.92 Å². The first-order valence-electron chi connectivity index (χ1n) is 6.00. The Morgan fingerprint density at radius 2 is 1.94 bits per heavy atom. The maximum atomic E-state index is 6.21. The molecule has 0 aliphatic heterocycles. The first-order chi connectivity index (χ1) is 8.16. The lowest BCUT2D eigenvalue weighted by Gasteiger charge is -2.18. The summed E-state index contributed by atoms with van der Waals surface area (Å²) < 4.78 is 0. The number of halogens is 2. The van der Waals surface area contributed by atoms with Gasteiger partial charge in [0.25, 0.3) is 0 Å². The van der Waals surface area contributed by atoms with E-state index < -0.39 is 0 Å². The molecule has 94 valence electrons. The fourth-order valence-electron chi connectivity index (χ4n) is 2.28. The van der Waals surface area contributed by atoms with Gasteiger partial charge >= 0.3 is 0 Å². The van der Waals surface area contributed by atoms with Gasteiger partial charge in [0.2, 0.25) is 0 Å². The molecule has 1 saturated carbocycles. The smallest absolute Gasteiger partial charge is 0.0603 e. The fraction of sp³-hybridized carbons (Fsp3) is 0.538. The third-order valence-corrected chi connectivity index (χ3v) is 5.22. The summed E-state index contributed by atoms with van der Waals surface area (Å²) in [5, 5.41) is 1.22. The molecule has 1 nitrogen and oxygen atoms in total. The van der Waals surface area contributed by atoms with E-state index in [4.69, 9.17) is 28.9 Å². The molecule has 1 aromatic carbocycles. The number of thioether (sulfide) groups is 1. The zero-order valence-corrected chi connectivity index (χ0v) is 12.0. The van der Waals surface area contributed by atoms with Crippen LogP contribution in [0.25, 0.3) is 0 Å². The van der Waals surface area contributed by atoms with Gasteiger partial charge in [0.05, 0.1) is 10.0 Å². The largest absolute Gasteiger partial charge is 0.327 e. The molecule has 0 saturated heterocycles. The molecule has 0 amide bonds. The summed E-state index contributed by atoms with van der Waals surface area (Å²) in [6.45, 7) is 0. The van der Waals surface area contributed by atoms with E-state index in [-0.39, 0.29) is 0 Å². The van der Waals surface area contributed by atoms with Gasteiger partial charge < -0.3 is 5.73 Å². The van der Waals surface area contributed by atoms with Crippen molar-refractivity contribution in [1.29, 1.82) is 0 Å². The Hall–Kier alpha value is 0.110. The molecule has 0 radical (unpaired) electrons. The van der Waals surface area contributed by atoms with Gasteiger partial charge in [-0.05, 0) is 37.0 Å². The van der Waals surface area contributed by atoms with Gasteiger partial charge in [0.1, 0.15) is 0 Å². The minimum atomic E-state index is 0.303. The molecule has 2 rings (SSSR count). The van der Waals surface area contributed by atoms with E-state index in [1.54, 1.807) is 11.8 Å². The summed E-state index contributed by atoms with van der Waals surface area (Å²) >= 11 is 13.6. The second kappa shape index (κ2) is 6.33. The number of nitrogens with two attached hydrogens (primary N) is 1. The topological polar surface area (TPSA) is 26.0 Å². The zero-order valence-electron chi connectivity index (χ0n) is 9.66. The Kier molecular flexibility index (Phi) is 5.04. The van der Waals surface area contributed by atoms with Gasteiger partial charge in [0, 0.05) is 16.7 Å². The lowest BCUT2D eigenvalue weighted by molar-refractivity contribution is 0.463. The summed E-state index contributed by atoms with van der Waals surface area (Å²) in [6.07, 6.45) is 5.28. The predicted octanol–water partition coefficient (Wildman–Crippen LogP) is 4.60. The summed E-state index contributed by atoms with van der Waals surface area (Å²) in [5.74, 6) is 1.67.